The second kappa shape index (κ2) is 11.6. The fourth-order valence-corrected chi connectivity index (χ4v) is 2.18. The number of anilines is 1. The molecule has 3 N–H and O–H groups in total. The zero-order chi connectivity index (χ0) is 19.7. The van der Waals surface area contributed by atoms with Crippen molar-refractivity contribution in [1.82, 2.24) is 10.6 Å². The van der Waals surface area contributed by atoms with E-state index in [0.717, 1.165) is 5.56 Å². The van der Waals surface area contributed by atoms with Crippen LogP contribution >= 0.6 is 24.0 Å². The van der Waals surface area contributed by atoms with Gasteiger partial charge in [-0.15, -0.1) is 24.0 Å². The van der Waals surface area contributed by atoms with Crippen molar-refractivity contribution in [3.05, 3.63) is 54.0 Å². The molecule has 10 heteroatoms. The number of nitrogens with one attached hydrogen (secondary N) is 3. The second-order valence-electron chi connectivity index (χ2n) is 5.62. The molecule has 2 aromatic rings. The van der Waals surface area contributed by atoms with E-state index in [4.69, 9.17) is 4.42 Å². The normalized spacial score (nSPS) is 11.5. The lowest BCUT2D eigenvalue weighted by atomic mass is 10.2. The van der Waals surface area contributed by atoms with E-state index in [0.29, 0.717) is 18.2 Å². The highest BCUT2D eigenvalue weighted by atomic mass is 127. The quantitative estimate of drug-likeness (QED) is 0.297. The number of guanidine groups is 1. The first-order valence-corrected chi connectivity index (χ1v) is 8.40. The number of nitrogens with zero attached hydrogens (tertiary/aromatic N) is 1. The third kappa shape index (κ3) is 8.63. The third-order valence-corrected chi connectivity index (χ3v) is 3.39. The summed E-state index contributed by atoms with van der Waals surface area (Å²) >= 11 is 0. The van der Waals surface area contributed by atoms with E-state index in [1.54, 1.807) is 30.3 Å². The molecule has 154 valence electrons. The molecule has 0 saturated carbocycles. The standard InChI is InChI=1S/C18H21F3N4O2.HI/c1-2-22-17(23-9-8-18(19,20)21)24-12-13-5-3-6-14(11-13)25-16(26)15-7-4-10-27-15;/h3-7,10-11H,2,8-9,12H2,1H3,(H,25,26)(H2,22,23,24);1H. The molecule has 1 heterocycles. The van der Waals surface area contributed by atoms with Crippen LogP contribution in [-0.2, 0) is 6.54 Å². The van der Waals surface area contributed by atoms with Crippen LogP contribution in [0.3, 0.4) is 0 Å². The Labute approximate surface area is 178 Å². The van der Waals surface area contributed by atoms with Crippen LogP contribution in [0.1, 0.15) is 29.5 Å². The van der Waals surface area contributed by atoms with Crippen molar-refractivity contribution >= 4 is 41.5 Å². The topological polar surface area (TPSA) is 78.7 Å². The maximum Gasteiger partial charge on any atom is 0.390 e. The number of carbonyl (C=O) groups excluding carboxylic acids is 1. The Bertz CT molecular complexity index is 764. The molecule has 2 rings (SSSR count). The number of aliphatic imine (C=N–C) groups is 1. The van der Waals surface area contributed by atoms with E-state index in [9.17, 15) is 18.0 Å². The molecule has 0 atom stereocenters. The minimum absolute atomic E-state index is 0. The van der Waals surface area contributed by atoms with Gasteiger partial charge in [0.15, 0.2) is 11.7 Å². The van der Waals surface area contributed by atoms with Gasteiger partial charge in [0.1, 0.15) is 0 Å². The van der Waals surface area contributed by atoms with Crippen molar-refractivity contribution in [2.75, 3.05) is 18.4 Å². The number of carbonyl (C=O) groups is 1. The fraction of sp³-hybridized carbons (Fsp3) is 0.333. The van der Waals surface area contributed by atoms with Gasteiger partial charge >= 0.3 is 6.18 Å². The van der Waals surface area contributed by atoms with Crippen LogP contribution in [0, 0.1) is 0 Å². The largest absolute Gasteiger partial charge is 0.459 e. The maximum absolute atomic E-state index is 12.3. The summed E-state index contributed by atoms with van der Waals surface area (Å²) in [7, 11) is 0. The van der Waals surface area contributed by atoms with E-state index in [1.807, 2.05) is 13.0 Å². The second-order valence-corrected chi connectivity index (χ2v) is 5.62. The van der Waals surface area contributed by atoms with Gasteiger partial charge in [-0.3, -0.25) is 4.79 Å². The number of halogens is 4. The van der Waals surface area contributed by atoms with Crippen molar-refractivity contribution in [3.8, 4) is 0 Å². The minimum Gasteiger partial charge on any atom is -0.459 e. The molecule has 0 bridgehead atoms. The van der Waals surface area contributed by atoms with Crippen molar-refractivity contribution in [3.63, 3.8) is 0 Å². The molecule has 0 radical (unpaired) electrons. The van der Waals surface area contributed by atoms with Crippen molar-refractivity contribution in [1.29, 1.82) is 0 Å². The first kappa shape index (κ1) is 23.8. The number of rotatable bonds is 7. The Balaban J connectivity index is 0.00000392. The molecule has 6 nitrogen and oxygen atoms in total. The van der Waals surface area contributed by atoms with Gasteiger partial charge in [-0.05, 0) is 36.8 Å². The van der Waals surface area contributed by atoms with Crippen LogP contribution in [0.4, 0.5) is 18.9 Å². The third-order valence-electron chi connectivity index (χ3n) is 3.39. The smallest absolute Gasteiger partial charge is 0.390 e. The van der Waals surface area contributed by atoms with Crippen LogP contribution in [-0.4, -0.2) is 31.1 Å². The number of benzene rings is 1. The van der Waals surface area contributed by atoms with Gasteiger partial charge in [0, 0.05) is 18.8 Å². The highest BCUT2D eigenvalue weighted by molar-refractivity contribution is 14.0. The molecule has 0 saturated heterocycles. The summed E-state index contributed by atoms with van der Waals surface area (Å²) in [6, 6.07) is 10.2. The lowest BCUT2D eigenvalue weighted by molar-refractivity contribution is -0.132. The molecule has 1 aromatic heterocycles. The number of alkyl halides is 3. The van der Waals surface area contributed by atoms with Gasteiger partial charge in [0.2, 0.25) is 0 Å². The van der Waals surface area contributed by atoms with E-state index in [-0.39, 0.29) is 48.7 Å². The first-order valence-electron chi connectivity index (χ1n) is 8.40. The maximum atomic E-state index is 12.3. The van der Waals surface area contributed by atoms with Crippen LogP contribution < -0.4 is 16.0 Å². The highest BCUT2D eigenvalue weighted by Crippen LogP contribution is 2.18. The van der Waals surface area contributed by atoms with Gasteiger partial charge in [-0.1, -0.05) is 12.1 Å². The molecule has 28 heavy (non-hydrogen) atoms. The molecule has 0 unspecified atom stereocenters. The van der Waals surface area contributed by atoms with Crippen molar-refractivity contribution in [2.45, 2.75) is 26.1 Å². The Kier molecular flexibility index (Phi) is 9.83. The molecule has 0 aliphatic carbocycles. The zero-order valence-electron chi connectivity index (χ0n) is 15.2. The Morgan fingerprint density at radius 3 is 2.61 bits per heavy atom. The minimum atomic E-state index is -4.22. The van der Waals surface area contributed by atoms with E-state index < -0.39 is 12.6 Å². The molecular formula is C18H22F3IN4O2. The average molecular weight is 510 g/mol. The monoisotopic (exact) mass is 510 g/mol. The van der Waals surface area contributed by atoms with Gasteiger partial charge in [0.25, 0.3) is 5.91 Å². The highest BCUT2D eigenvalue weighted by Gasteiger charge is 2.26. The number of amides is 1. The summed E-state index contributed by atoms with van der Waals surface area (Å²) in [6.45, 7) is 2.34. The van der Waals surface area contributed by atoms with E-state index in [2.05, 4.69) is 20.9 Å². The summed E-state index contributed by atoms with van der Waals surface area (Å²) < 4.78 is 41.8. The Morgan fingerprint density at radius 1 is 1.18 bits per heavy atom. The molecule has 0 aliphatic heterocycles. The van der Waals surface area contributed by atoms with Gasteiger partial charge in [-0.2, -0.15) is 13.2 Å². The summed E-state index contributed by atoms with van der Waals surface area (Å²) in [5.41, 5.74) is 1.36. The summed E-state index contributed by atoms with van der Waals surface area (Å²) in [5, 5.41) is 8.25. The first-order chi connectivity index (χ1) is 12.9. The van der Waals surface area contributed by atoms with Crippen molar-refractivity contribution < 1.29 is 22.4 Å². The lowest BCUT2D eigenvalue weighted by Crippen LogP contribution is -2.38. The Morgan fingerprint density at radius 2 is 1.96 bits per heavy atom. The number of furan rings is 1. The van der Waals surface area contributed by atoms with Crippen LogP contribution in [0.5, 0.6) is 0 Å². The predicted molar refractivity (Wildman–Crippen MR) is 112 cm³/mol. The lowest BCUT2D eigenvalue weighted by Gasteiger charge is -2.12. The van der Waals surface area contributed by atoms with Gasteiger partial charge < -0.3 is 20.4 Å². The van der Waals surface area contributed by atoms with Gasteiger partial charge in [0.05, 0.1) is 19.2 Å². The van der Waals surface area contributed by atoms with Crippen LogP contribution in [0.15, 0.2) is 52.1 Å². The summed E-state index contributed by atoms with van der Waals surface area (Å²) in [5.74, 6) is 0.122. The molecule has 1 aromatic carbocycles. The number of hydrogen-bond donors (Lipinski definition) is 3. The van der Waals surface area contributed by atoms with Crippen molar-refractivity contribution in [2.24, 2.45) is 4.99 Å². The van der Waals surface area contributed by atoms with Crippen LogP contribution in [0.25, 0.3) is 0 Å². The molecule has 1 amide bonds. The predicted octanol–water partition coefficient (Wildman–Crippen LogP) is 4.16. The molecule has 0 aliphatic rings. The Hall–Kier alpha value is -2.24. The number of hydrogen-bond acceptors (Lipinski definition) is 3. The SMILES string of the molecule is CCNC(=NCc1cccc(NC(=O)c2ccco2)c1)NCCC(F)(F)F.I. The van der Waals surface area contributed by atoms with Crippen LogP contribution in [0.2, 0.25) is 0 Å². The van der Waals surface area contributed by atoms with E-state index in [1.165, 1.54) is 6.26 Å². The summed E-state index contributed by atoms with van der Waals surface area (Å²) in [4.78, 5) is 16.3. The average Bonchev–Trinajstić information content (AvgIpc) is 3.14. The molecule has 0 fully saturated rings. The molecule has 0 spiro atoms. The fourth-order valence-electron chi connectivity index (χ4n) is 2.18. The van der Waals surface area contributed by atoms with Gasteiger partial charge in [-0.25, -0.2) is 4.99 Å². The zero-order valence-corrected chi connectivity index (χ0v) is 17.5. The molecular weight excluding hydrogens is 488 g/mol. The van der Waals surface area contributed by atoms with E-state index >= 15 is 0 Å². The summed E-state index contributed by atoms with van der Waals surface area (Å²) in [6.07, 6.45) is -3.75.